The van der Waals surface area contributed by atoms with E-state index in [0.29, 0.717) is 43.7 Å². The van der Waals surface area contributed by atoms with Gasteiger partial charge in [0.2, 0.25) is 11.9 Å². The number of benzene rings is 1. The van der Waals surface area contributed by atoms with E-state index in [2.05, 4.69) is 4.98 Å². The van der Waals surface area contributed by atoms with Gasteiger partial charge in [0.05, 0.1) is 23.2 Å². The molecule has 7 nitrogen and oxygen atoms in total. The van der Waals surface area contributed by atoms with Gasteiger partial charge in [-0.05, 0) is 32.1 Å². The van der Waals surface area contributed by atoms with Crippen LogP contribution in [0, 0.1) is 11.6 Å². The fourth-order valence-corrected chi connectivity index (χ4v) is 4.54. The number of anilines is 1. The van der Waals surface area contributed by atoms with Crippen molar-refractivity contribution >= 4 is 22.9 Å². The van der Waals surface area contributed by atoms with Crippen LogP contribution in [-0.4, -0.2) is 70.0 Å². The molecule has 1 aromatic heterocycles. The van der Waals surface area contributed by atoms with Crippen molar-refractivity contribution in [3.8, 4) is 0 Å². The van der Waals surface area contributed by atoms with E-state index in [-0.39, 0.29) is 43.1 Å². The summed E-state index contributed by atoms with van der Waals surface area (Å²) in [6.45, 7) is 0.422. The molecule has 0 bridgehead atoms. The fourth-order valence-electron chi connectivity index (χ4n) is 4.54. The Bertz CT molecular complexity index is 960. The number of hydrogen-bond donors (Lipinski definition) is 2. The lowest BCUT2D eigenvalue weighted by atomic mass is 9.92. The Balaban J connectivity index is 1.64. The summed E-state index contributed by atoms with van der Waals surface area (Å²) in [4.78, 5) is 20.9. The van der Waals surface area contributed by atoms with Crippen LogP contribution in [-0.2, 0) is 11.3 Å². The number of halogens is 3. The predicted molar refractivity (Wildman–Crippen MR) is 110 cm³/mol. The van der Waals surface area contributed by atoms with Crippen molar-refractivity contribution in [3.63, 3.8) is 0 Å². The van der Waals surface area contributed by atoms with Crippen molar-refractivity contribution in [3.05, 3.63) is 23.8 Å². The molecule has 2 aliphatic rings. The Morgan fingerprint density at radius 2 is 1.90 bits per heavy atom. The van der Waals surface area contributed by atoms with E-state index in [0.717, 1.165) is 12.1 Å². The molecule has 0 radical (unpaired) electrons. The van der Waals surface area contributed by atoms with E-state index in [4.69, 9.17) is 5.73 Å². The summed E-state index contributed by atoms with van der Waals surface area (Å²) < 4.78 is 43.2. The third kappa shape index (κ3) is 4.36. The lowest BCUT2D eigenvalue weighted by Crippen LogP contribution is -2.50. The highest BCUT2D eigenvalue weighted by Crippen LogP contribution is 2.28. The quantitative estimate of drug-likeness (QED) is 0.761. The number of carbonyl (C=O) groups excluding carboxylic acids is 1. The molecule has 2 fully saturated rings. The van der Waals surface area contributed by atoms with Crippen LogP contribution in [0.3, 0.4) is 0 Å². The van der Waals surface area contributed by atoms with Gasteiger partial charge in [0.15, 0.2) is 11.6 Å². The second-order valence-corrected chi connectivity index (χ2v) is 8.63. The first kappa shape index (κ1) is 21.9. The zero-order chi connectivity index (χ0) is 22.3. The van der Waals surface area contributed by atoms with Crippen molar-refractivity contribution in [2.45, 2.75) is 63.0 Å². The first-order valence-electron chi connectivity index (χ1n) is 10.7. The SMILES string of the molecule is CN(C(=O)Cn1c(N2CC[C@@H](F)[C@H](N)C2)nc2cc(F)c(F)cc21)C1CCC(O)CC1. The maximum absolute atomic E-state index is 14.0. The minimum atomic E-state index is -1.13. The monoisotopic (exact) mass is 439 g/mol. The van der Waals surface area contributed by atoms with Gasteiger partial charge < -0.3 is 25.2 Å². The number of piperidine rings is 1. The zero-order valence-corrected chi connectivity index (χ0v) is 17.5. The number of aliphatic hydroxyl groups is 1. The smallest absolute Gasteiger partial charge is 0.242 e. The molecule has 1 amide bonds. The van der Waals surface area contributed by atoms with Gasteiger partial charge in [-0.3, -0.25) is 4.79 Å². The fraction of sp³-hybridized carbons (Fsp3) is 0.619. The highest BCUT2D eigenvalue weighted by molar-refractivity contribution is 5.83. The molecule has 4 rings (SSSR count). The maximum atomic E-state index is 14.0. The molecule has 1 aromatic carbocycles. The van der Waals surface area contributed by atoms with Crippen LogP contribution in [0.1, 0.15) is 32.1 Å². The Morgan fingerprint density at radius 3 is 2.58 bits per heavy atom. The summed E-state index contributed by atoms with van der Waals surface area (Å²) in [5.41, 5.74) is 6.41. The summed E-state index contributed by atoms with van der Waals surface area (Å²) >= 11 is 0. The predicted octanol–water partition coefficient (Wildman–Crippen LogP) is 1.95. The highest BCUT2D eigenvalue weighted by atomic mass is 19.2. The number of carbonyl (C=O) groups is 1. The molecule has 1 aliphatic heterocycles. The van der Waals surface area contributed by atoms with Gasteiger partial charge in [-0.2, -0.15) is 0 Å². The van der Waals surface area contributed by atoms with Gasteiger partial charge in [0, 0.05) is 38.3 Å². The minimum absolute atomic E-state index is 0.0130. The maximum Gasteiger partial charge on any atom is 0.242 e. The summed E-state index contributed by atoms with van der Waals surface area (Å²) in [7, 11) is 1.72. The summed E-state index contributed by atoms with van der Waals surface area (Å²) in [5.74, 6) is -1.90. The second-order valence-electron chi connectivity index (χ2n) is 8.63. The van der Waals surface area contributed by atoms with E-state index in [1.165, 1.54) is 0 Å². The first-order valence-corrected chi connectivity index (χ1v) is 10.7. The van der Waals surface area contributed by atoms with E-state index in [1.807, 2.05) is 0 Å². The average Bonchev–Trinajstić information content (AvgIpc) is 3.07. The van der Waals surface area contributed by atoms with Gasteiger partial charge in [0.1, 0.15) is 12.7 Å². The molecule has 10 heteroatoms. The molecule has 170 valence electrons. The average molecular weight is 439 g/mol. The summed E-state index contributed by atoms with van der Waals surface area (Å²) in [5, 5.41) is 9.72. The van der Waals surface area contributed by atoms with Gasteiger partial charge in [-0.1, -0.05) is 0 Å². The zero-order valence-electron chi connectivity index (χ0n) is 17.5. The Morgan fingerprint density at radius 1 is 1.23 bits per heavy atom. The minimum Gasteiger partial charge on any atom is -0.393 e. The number of likely N-dealkylation sites (N-methyl/N-ethyl adjacent to an activating group) is 1. The third-order valence-corrected chi connectivity index (χ3v) is 6.52. The number of aliphatic hydroxyl groups excluding tert-OH is 1. The van der Waals surface area contributed by atoms with Gasteiger partial charge in [0.25, 0.3) is 0 Å². The van der Waals surface area contributed by atoms with E-state index in [1.54, 1.807) is 21.4 Å². The molecule has 3 N–H and O–H groups in total. The van der Waals surface area contributed by atoms with Crippen molar-refractivity contribution in [2.75, 3.05) is 25.0 Å². The molecule has 0 spiro atoms. The van der Waals surface area contributed by atoms with Gasteiger partial charge >= 0.3 is 0 Å². The van der Waals surface area contributed by atoms with E-state index < -0.39 is 23.8 Å². The highest BCUT2D eigenvalue weighted by Gasteiger charge is 2.31. The standard InChI is InChI=1S/C21H28F3N5O2/c1-27(12-2-4-13(30)5-3-12)20(31)11-29-19-9-16(24)15(23)8-18(19)26-21(29)28-7-6-14(22)17(25)10-28/h8-9,12-14,17,30H,2-7,10-11,25H2,1H3/t12?,13?,14-,17-/m1/s1. The van der Waals surface area contributed by atoms with Crippen LogP contribution in [0.2, 0.25) is 0 Å². The molecule has 2 atom stereocenters. The number of rotatable bonds is 4. The number of hydrogen-bond acceptors (Lipinski definition) is 5. The van der Waals surface area contributed by atoms with Crippen LogP contribution in [0.25, 0.3) is 11.0 Å². The van der Waals surface area contributed by atoms with Crippen molar-refractivity contribution in [2.24, 2.45) is 5.73 Å². The van der Waals surface area contributed by atoms with Crippen LogP contribution in [0.5, 0.6) is 0 Å². The molecular weight excluding hydrogens is 411 g/mol. The van der Waals surface area contributed by atoms with Crippen LogP contribution in [0.15, 0.2) is 12.1 Å². The Hall–Kier alpha value is -2.33. The lowest BCUT2D eigenvalue weighted by molar-refractivity contribution is -0.133. The second kappa shape index (κ2) is 8.66. The first-order chi connectivity index (χ1) is 14.7. The van der Waals surface area contributed by atoms with Crippen molar-refractivity contribution < 1.29 is 23.1 Å². The number of nitrogens with zero attached hydrogens (tertiary/aromatic N) is 4. The van der Waals surface area contributed by atoms with Crippen molar-refractivity contribution in [1.82, 2.24) is 14.5 Å². The largest absolute Gasteiger partial charge is 0.393 e. The molecule has 0 unspecified atom stereocenters. The van der Waals surface area contributed by atoms with Crippen molar-refractivity contribution in [1.29, 1.82) is 0 Å². The van der Waals surface area contributed by atoms with Gasteiger partial charge in [-0.25, -0.2) is 18.2 Å². The molecule has 1 saturated heterocycles. The van der Waals surface area contributed by atoms with Gasteiger partial charge in [-0.15, -0.1) is 0 Å². The normalized spacial score (nSPS) is 27.0. The number of alkyl halides is 1. The number of fused-ring (bicyclic) bond motifs is 1. The summed E-state index contributed by atoms with van der Waals surface area (Å²) in [6, 6.07) is 1.35. The molecule has 2 heterocycles. The van der Waals surface area contributed by atoms with E-state index in [9.17, 15) is 23.1 Å². The van der Waals surface area contributed by atoms with Crippen LogP contribution in [0.4, 0.5) is 19.1 Å². The third-order valence-electron chi connectivity index (χ3n) is 6.52. The Labute approximate surface area is 178 Å². The number of nitrogens with two attached hydrogens (primary N) is 1. The number of amides is 1. The lowest BCUT2D eigenvalue weighted by Gasteiger charge is -2.35. The number of imidazole rings is 1. The molecule has 2 aromatic rings. The molecule has 31 heavy (non-hydrogen) atoms. The van der Waals surface area contributed by atoms with Crippen LogP contribution >= 0.6 is 0 Å². The Kier molecular flexibility index (Phi) is 6.11. The molecular formula is C21H28F3N5O2. The number of aromatic nitrogens is 2. The molecule has 1 aliphatic carbocycles. The molecule has 1 saturated carbocycles. The van der Waals surface area contributed by atoms with E-state index >= 15 is 0 Å². The van der Waals surface area contributed by atoms with Crippen LogP contribution < -0.4 is 10.6 Å². The topological polar surface area (TPSA) is 87.6 Å². The summed E-state index contributed by atoms with van der Waals surface area (Å²) in [6.07, 6.45) is 1.46.